The number of anilines is 1. The topological polar surface area (TPSA) is 153 Å². The summed E-state index contributed by atoms with van der Waals surface area (Å²) in [5.41, 5.74) is 1.10. The van der Waals surface area contributed by atoms with E-state index in [0.717, 1.165) is 15.3 Å². The number of fused-ring (bicyclic) bond motifs is 3. The highest BCUT2D eigenvalue weighted by molar-refractivity contribution is 6.99. The van der Waals surface area contributed by atoms with Crippen molar-refractivity contribution in [3.8, 4) is 0 Å². The fraction of sp³-hybridized carbons (Fsp3) is 0.316. The highest BCUT2D eigenvalue weighted by Gasteiger charge is 2.59. The quantitative estimate of drug-likeness (QED) is 0.108. The van der Waals surface area contributed by atoms with Gasteiger partial charge in [-0.15, -0.1) is 0 Å². The van der Waals surface area contributed by atoms with E-state index in [1.165, 1.54) is 24.3 Å². The SMILES string of the molecule is CC(C)(C)[Si](OCC1=C2B(O)O[C@H](c3ccc(CO)o3)C[C@H]2[C@H]2C(=O)N(c3cccc([N+](=O)[O-])c3)C(=O)[C@H]2C1)(c1ccccc1)c1ccccc1. The average molecular weight is 707 g/mol. The fourth-order valence-electron chi connectivity index (χ4n) is 8.34. The van der Waals surface area contributed by atoms with Gasteiger partial charge in [0.25, 0.3) is 14.0 Å². The molecule has 2 N–H and O–H groups in total. The van der Waals surface area contributed by atoms with Crippen LogP contribution in [0.1, 0.15) is 51.2 Å². The van der Waals surface area contributed by atoms with Gasteiger partial charge in [0.05, 0.1) is 29.1 Å². The number of nitro groups is 1. The molecule has 0 saturated carbocycles. The number of nitro benzene ring substituents is 1. The number of hydrogen-bond acceptors (Lipinski definition) is 9. The predicted octanol–water partition coefficient (Wildman–Crippen LogP) is 4.86. The number of aliphatic hydroxyl groups is 1. The molecule has 13 heteroatoms. The Morgan fingerprint density at radius 3 is 2.20 bits per heavy atom. The minimum absolute atomic E-state index is 0.0844. The maximum Gasteiger partial charge on any atom is 0.487 e. The minimum atomic E-state index is -3.05. The molecular weight excluding hydrogens is 667 g/mol. The molecule has 11 nitrogen and oxygen atoms in total. The van der Waals surface area contributed by atoms with E-state index in [9.17, 15) is 29.8 Å². The first-order chi connectivity index (χ1) is 24.4. The van der Waals surface area contributed by atoms with Gasteiger partial charge in [-0.25, -0.2) is 4.90 Å². The first-order valence-electron chi connectivity index (χ1n) is 17.1. The number of amides is 2. The third-order valence-corrected chi connectivity index (χ3v) is 15.5. The van der Waals surface area contributed by atoms with Crippen molar-refractivity contribution in [2.45, 2.75) is 51.4 Å². The van der Waals surface area contributed by atoms with Crippen molar-refractivity contribution in [3.63, 3.8) is 0 Å². The van der Waals surface area contributed by atoms with Gasteiger partial charge in [0.2, 0.25) is 11.8 Å². The van der Waals surface area contributed by atoms with Crippen LogP contribution in [0.2, 0.25) is 5.04 Å². The smallest absolute Gasteiger partial charge is 0.461 e. The summed E-state index contributed by atoms with van der Waals surface area (Å²) in [7, 11) is -4.47. The molecule has 0 unspecified atom stereocenters. The molecule has 1 aromatic heterocycles. The molecule has 0 bridgehead atoms. The standard InChI is InChI=1S/C38H39BN2O9Si/c1-38(2,3)51(28-13-6-4-7-14-28,29-15-8-5-9-16-29)48-23-24-19-31-34(37(44)40(36(31)43)25-11-10-12-26(20-25)41(46)47)30-21-33(50-39(45)35(24)30)32-18-17-27(22-42)49-32/h4-18,20,30-31,33-34,42,45H,19,21-23H2,1-3H3/t30-,31-,33-,34+/m0/s1. The summed E-state index contributed by atoms with van der Waals surface area (Å²) in [5.74, 6) is -2.49. The van der Waals surface area contributed by atoms with E-state index >= 15 is 0 Å². The van der Waals surface area contributed by atoms with Crippen molar-refractivity contribution >= 4 is 49.0 Å². The van der Waals surface area contributed by atoms with Crippen LogP contribution in [0, 0.1) is 27.9 Å². The van der Waals surface area contributed by atoms with E-state index in [2.05, 4.69) is 45.0 Å². The third-order valence-electron chi connectivity index (χ3n) is 10.5. The summed E-state index contributed by atoms with van der Waals surface area (Å²) in [6, 6.07) is 29.1. The Morgan fingerprint density at radius 2 is 1.61 bits per heavy atom. The Morgan fingerprint density at radius 1 is 0.941 bits per heavy atom. The molecule has 4 atom stereocenters. The summed E-state index contributed by atoms with van der Waals surface area (Å²) in [4.78, 5) is 40.7. The summed E-state index contributed by atoms with van der Waals surface area (Å²) in [5, 5.41) is 34.8. The molecule has 3 aromatic carbocycles. The number of aliphatic hydroxyl groups excluding tert-OH is 1. The van der Waals surface area contributed by atoms with Crippen LogP contribution in [0.25, 0.3) is 0 Å². The number of allylic oxidation sites excluding steroid dienone is 1. The molecule has 7 rings (SSSR count). The molecule has 51 heavy (non-hydrogen) atoms. The van der Waals surface area contributed by atoms with Crippen LogP contribution in [0.3, 0.4) is 0 Å². The monoisotopic (exact) mass is 706 g/mol. The van der Waals surface area contributed by atoms with E-state index in [4.69, 9.17) is 13.5 Å². The Balaban J connectivity index is 1.32. The molecule has 2 aliphatic heterocycles. The van der Waals surface area contributed by atoms with Crippen LogP contribution < -0.4 is 15.3 Å². The number of benzene rings is 3. The number of imide groups is 1. The number of carbonyl (C=O) groups excluding carboxylic acids is 2. The zero-order chi connectivity index (χ0) is 36.1. The second-order valence-electron chi connectivity index (χ2n) is 14.4. The Hall–Kier alpha value is -4.66. The van der Waals surface area contributed by atoms with Crippen molar-refractivity contribution in [2.75, 3.05) is 11.5 Å². The zero-order valence-corrected chi connectivity index (χ0v) is 29.6. The van der Waals surface area contributed by atoms with Gasteiger partial charge in [-0.1, -0.05) is 87.5 Å². The highest BCUT2D eigenvalue weighted by atomic mass is 28.4. The second kappa shape index (κ2) is 13.5. The molecule has 3 aliphatic rings. The van der Waals surface area contributed by atoms with Crippen LogP contribution in [-0.2, 0) is 25.3 Å². The van der Waals surface area contributed by atoms with Crippen LogP contribution in [0.15, 0.2) is 113 Å². The van der Waals surface area contributed by atoms with E-state index in [-0.39, 0.29) is 42.5 Å². The summed E-state index contributed by atoms with van der Waals surface area (Å²) < 4.78 is 19.2. The maximum absolute atomic E-state index is 14.3. The highest BCUT2D eigenvalue weighted by Crippen LogP contribution is 2.52. The van der Waals surface area contributed by atoms with Crippen LogP contribution in [0.5, 0.6) is 0 Å². The number of rotatable bonds is 9. The molecule has 1 aliphatic carbocycles. The van der Waals surface area contributed by atoms with Gasteiger partial charge in [0, 0.05) is 12.1 Å². The Kier molecular flexibility index (Phi) is 9.19. The first-order valence-corrected chi connectivity index (χ1v) is 19.0. The number of non-ortho nitro benzene ring substituents is 1. The van der Waals surface area contributed by atoms with Gasteiger partial charge >= 0.3 is 7.12 Å². The van der Waals surface area contributed by atoms with Gasteiger partial charge in [-0.05, 0) is 63.4 Å². The normalized spacial score (nSPS) is 22.3. The third kappa shape index (κ3) is 5.98. The fourth-order valence-corrected chi connectivity index (χ4v) is 12.9. The lowest BCUT2D eigenvalue weighted by Gasteiger charge is -2.45. The summed E-state index contributed by atoms with van der Waals surface area (Å²) in [6.07, 6.45) is -0.400. The Labute approximate surface area is 296 Å². The maximum atomic E-state index is 14.3. The minimum Gasteiger partial charge on any atom is -0.461 e. The van der Waals surface area contributed by atoms with Gasteiger partial charge in [-0.3, -0.25) is 19.7 Å². The lowest BCUT2D eigenvalue weighted by atomic mass is 9.55. The molecule has 3 heterocycles. The van der Waals surface area contributed by atoms with Crippen molar-refractivity contribution in [1.29, 1.82) is 0 Å². The summed E-state index contributed by atoms with van der Waals surface area (Å²) >= 11 is 0. The van der Waals surface area contributed by atoms with Gasteiger partial charge < -0.3 is 23.6 Å². The lowest BCUT2D eigenvalue weighted by Crippen LogP contribution is -2.66. The van der Waals surface area contributed by atoms with E-state index in [1.54, 1.807) is 12.1 Å². The van der Waals surface area contributed by atoms with Crippen LogP contribution >= 0.6 is 0 Å². The van der Waals surface area contributed by atoms with E-state index < -0.39 is 56.0 Å². The zero-order valence-electron chi connectivity index (χ0n) is 28.6. The molecule has 2 saturated heterocycles. The van der Waals surface area contributed by atoms with Crippen molar-refractivity contribution in [1.82, 2.24) is 0 Å². The molecular formula is C38H39BN2O9Si. The van der Waals surface area contributed by atoms with E-state index in [0.29, 0.717) is 22.6 Å². The second-order valence-corrected chi connectivity index (χ2v) is 18.7. The molecule has 4 aromatic rings. The first kappa shape index (κ1) is 34.8. The largest absolute Gasteiger partial charge is 0.487 e. The number of furan rings is 1. The molecule has 2 amide bonds. The van der Waals surface area contributed by atoms with Gasteiger partial charge in [0.15, 0.2) is 0 Å². The molecule has 0 spiro atoms. The predicted molar refractivity (Wildman–Crippen MR) is 192 cm³/mol. The van der Waals surface area contributed by atoms with E-state index in [1.807, 2.05) is 36.4 Å². The number of carbonyl (C=O) groups is 2. The molecule has 2 fully saturated rings. The number of hydrogen-bond donors (Lipinski definition) is 2. The average Bonchev–Trinajstić information content (AvgIpc) is 3.71. The van der Waals surface area contributed by atoms with Gasteiger partial charge in [0.1, 0.15) is 24.2 Å². The van der Waals surface area contributed by atoms with Crippen molar-refractivity contribution < 1.29 is 38.1 Å². The van der Waals surface area contributed by atoms with Gasteiger partial charge in [-0.2, -0.15) is 0 Å². The summed E-state index contributed by atoms with van der Waals surface area (Å²) in [6.45, 7) is 6.27. The van der Waals surface area contributed by atoms with Crippen molar-refractivity contribution in [3.05, 3.63) is 130 Å². The molecule has 0 radical (unpaired) electrons. The molecule has 262 valence electrons. The van der Waals surface area contributed by atoms with Crippen LogP contribution in [0.4, 0.5) is 11.4 Å². The van der Waals surface area contributed by atoms with Crippen molar-refractivity contribution in [2.24, 2.45) is 17.8 Å². The number of nitrogens with zero attached hydrogens (tertiary/aromatic N) is 2. The van der Waals surface area contributed by atoms with Crippen LogP contribution in [-0.4, -0.2) is 48.9 Å². The lowest BCUT2D eigenvalue weighted by molar-refractivity contribution is -0.384. The Bertz CT molecular complexity index is 1960.